The molecule has 1 atom stereocenters. The average molecular weight is 459 g/mol. The third-order valence-corrected chi connectivity index (χ3v) is 7.01. The highest BCUT2D eigenvalue weighted by molar-refractivity contribution is 5.81. The Morgan fingerprint density at radius 3 is 2.79 bits per heavy atom. The Morgan fingerprint density at radius 2 is 2.00 bits per heavy atom. The number of methoxy groups -OCH3 is 1. The number of aromatic amines is 1. The summed E-state index contributed by atoms with van der Waals surface area (Å²) >= 11 is 0. The summed E-state index contributed by atoms with van der Waals surface area (Å²) in [5, 5.41) is 13.8. The van der Waals surface area contributed by atoms with Gasteiger partial charge in [0.05, 0.1) is 18.2 Å². The number of H-pyrrole nitrogens is 1. The summed E-state index contributed by atoms with van der Waals surface area (Å²) in [6.07, 6.45) is 2.86. The van der Waals surface area contributed by atoms with Crippen LogP contribution in [0.1, 0.15) is 56.6 Å². The van der Waals surface area contributed by atoms with Gasteiger partial charge in [-0.25, -0.2) is 4.68 Å². The SMILES string of the molecule is CCC(C)(C)n1nnnc1[C@H](c1cc2ccc(OC)cc2[nH]c1=O)N1CCCc2ccccc21. The predicted molar refractivity (Wildman–Crippen MR) is 133 cm³/mol. The molecule has 1 N–H and O–H groups in total. The summed E-state index contributed by atoms with van der Waals surface area (Å²) in [6.45, 7) is 7.16. The minimum atomic E-state index is -0.433. The van der Waals surface area contributed by atoms with E-state index in [1.54, 1.807) is 7.11 Å². The quantitative estimate of drug-likeness (QED) is 0.466. The van der Waals surface area contributed by atoms with E-state index in [-0.39, 0.29) is 11.1 Å². The smallest absolute Gasteiger partial charge is 0.254 e. The Kier molecular flexibility index (Phi) is 5.59. The van der Waals surface area contributed by atoms with Gasteiger partial charge in [-0.05, 0) is 78.8 Å². The molecule has 5 rings (SSSR count). The number of aromatic nitrogens is 5. The number of pyridine rings is 1. The molecule has 0 amide bonds. The molecule has 2 aromatic heterocycles. The number of nitrogens with one attached hydrogen (secondary N) is 1. The Labute approximate surface area is 198 Å². The minimum absolute atomic E-state index is 0.155. The van der Waals surface area contributed by atoms with Crippen molar-refractivity contribution in [3.05, 3.63) is 75.8 Å². The fourth-order valence-corrected chi connectivity index (χ4v) is 4.75. The summed E-state index contributed by atoms with van der Waals surface area (Å²) in [7, 11) is 1.62. The van der Waals surface area contributed by atoms with E-state index in [9.17, 15) is 4.79 Å². The number of anilines is 1. The van der Waals surface area contributed by atoms with E-state index in [2.05, 4.69) is 64.4 Å². The molecule has 1 aliphatic heterocycles. The zero-order valence-corrected chi connectivity index (χ0v) is 20.1. The standard InChI is InChI=1S/C26H30N6O2/c1-5-26(2,3)32-24(28-29-30-32)23(31-14-8-10-17-9-6-7-11-22(17)31)20-15-18-12-13-19(34-4)16-21(18)27-25(20)33/h6-7,9,11-13,15-16,23H,5,8,10,14H2,1-4H3,(H,27,33)/t23-/m0/s1. The van der Waals surface area contributed by atoms with Gasteiger partial charge in [0.2, 0.25) is 0 Å². The van der Waals surface area contributed by atoms with Crippen LogP contribution >= 0.6 is 0 Å². The highest BCUT2D eigenvalue weighted by atomic mass is 16.5. The molecule has 0 radical (unpaired) electrons. The van der Waals surface area contributed by atoms with Gasteiger partial charge in [-0.2, -0.15) is 0 Å². The number of para-hydroxylation sites is 1. The van der Waals surface area contributed by atoms with E-state index in [4.69, 9.17) is 4.74 Å². The van der Waals surface area contributed by atoms with Crippen molar-refractivity contribution in [2.45, 2.75) is 51.6 Å². The van der Waals surface area contributed by atoms with Gasteiger partial charge in [0.15, 0.2) is 5.82 Å². The maximum atomic E-state index is 13.6. The average Bonchev–Trinajstić information content (AvgIpc) is 3.35. The molecule has 3 heterocycles. The monoisotopic (exact) mass is 458 g/mol. The number of hydrogen-bond donors (Lipinski definition) is 1. The van der Waals surface area contributed by atoms with Gasteiger partial charge in [-0.15, -0.1) is 5.10 Å². The lowest BCUT2D eigenvalue weighted by atomic mass is 9.95. The van der Waals surface area contributed by atoms with Gasteiger partial charge < -0.3 is 14.6 Å². The fourth-order valence-electron chi connectivity index (χ4n) is 4.75. The first-order valence-corrected chi connectivity index (χ1v) is 11.8. The molecule has 4 aromatic rings. The Balaban J connectivity index is 1.75. The van der Waals surface area contributed by atoms with Crippen LogP contribution < -0.4 is 15.2 Å². The molecule has 34 heavy (non-hydrogen) atoms. The fraction of sp³-hybridized carbons (Fsp3) is 0.385. The third-order valence-electron chi connectivity index (χ3n) is 7.01. The number of benzene rings is 2. The number of fused-ring (bicyclic) bond motifs is 2. The Morgan fingerprint density at radius 1 is 1.18 bits per heavy atom. The van der Waals surface area contributed by atoms with Crippen LogP contribution in [0.25, 0.3) is 10.9 Å². The van der Waals surface area contributed by atoms with Crippen molar-refractivity contribution < 1.29 is 4.74 Å². The maximum absolute atomic E-state index is 13.6. The molecule has 0 aliphatic carbocycles. The highest BCUT2D eigenvalue weighted by Crippen LogP contribution is 2.38. The normalized spacial score (nSPS) is 14.8. The van der Waals surface area contributed by atoms with Gasteiger partial charge in [0.1, 0.15) is 11.8 Å². The molecule has 8 heteroatoms. The zero-order chi connectivity index (χ0) is 23.9. The van der Waals surface area contributed by atoms with Crippen LogP contribution in [-0.2, 0) is 12.0 Å². The van der Waals surface area contributed by atoms with Crippen LogP contribution in [0.3, 0.4) is 0 Å². The van der Waals surface area contributed by atoms with Crippen molar-refractivity contribution in [2.75, 3.05) is 18.6 Å². The van der Waals surface area contributed by atoms with E-state index in [0.29, 0.717) is 17.1 Å². The third kappa shape index (κ3) is 3.73. The number of hydrogen-bond acceptors (Lipinski definition) is 6. The summed E-state index contributed by atoms with van der Waals surface area (Å²) in [5.74, 6) is 1.37. The van der Waals surface area contributed by atoms with Crippen molar-refractivity contribution in [2.24, 2.45) is 0 Å². The minimum Gasteiger partial charge on any atom is -0.497 e. The van der Waals surface area contributed by atoms with Crippen LogP contribution in [0.2, 0.25) is 0 Å². The van der Waals surface area contributed by atoms with Crippen molar-refractivity contribution in [1.29, 1.82) is 0 Å². The molecular weight excluding hydrogens is 428 g/mol. The lowest BCUT2D eigenvalue weighted by Gasteiger charge is -2.38. The van der Waals surface area contributed by atoms with Gasteiger partial charge in [0, 0.05) is 23.9 Å². The second-order valence-corrected chi connectivity index (χ2v) is 9.45. The molecule has 0 bridgehead atoms. The zero-order valence-electron chi connectivity index (χ0n) is 20.1. The summed E-state index contributed by atoms with van der Waals surface area (Å²) in [6, 6.07) is 15.6. The van der Waals surface area contributed by atoms with Gasteiger partial charge in [0.25, 0.3) is 5.56 Å². The van der Waals surface area contributed by atoms with Crippen LogP contribution in [0.5, 0.6) is 5.75 Å². The number of nitrogens with zero attached hydrogens (tertiary/aromatic N) is 5. The van der Waals surface area contributed by atoms with Crippen LogP contribution in [0.4, 0.5) is 5.69 Å². The highest BCUT2D eigenvalue weighted by Gasteiger charge is 2.36. The lowest BCUT2D eigenvalue weighted by Crippen LogP contribution is -2.40. The van der Waals surface area contributed by atoms with Crippen molar-refractivity contribution >= 4 is 16.6 Å². The van der Waals surface area contributed by atoms with Crippen LogP contribution in [0.15, 0.2) is 53.3 Å². The first-order chi connectivity index (χ1) is 16.4. The first kappa shape index (κ1) is 22.1. The van der Waals surface area contributed by atoms with Crippen LogP contribution in [0, 0.1) is 0 Å². The van der Waals surface area contributed by atoms with Crippen molar-refractivity contribution in [3.8, 4) is 5.75 Å². The lowest BCUT2D eigenvalue weighted by molar-refractivity contribution is 0.287. The summed E-state index contributed by atoms with van der Waals surface area (Å²) in [4.78, 5) is 18.9. The number of aryl methyl sites for hydroxylation is 1. The Hall–Kier alpha value is -3.68. The van der Waals surface area contributed by atoms with E-state index in [0.717, 1.165) is 42.4 Å². The molecule has 0 saturated carbocycles. The first-order valence-electron chi connectivity index (χ1n) is 11.8. The molecule has 0 unspecified atom stereocenters. The van der Waals surface area contributed by atoms with Crippen molar-refractivity contribution in [3.63, 3.8) is 0 Å². The molecule has 0 spiro atoms. The number of rotatable bonds is 6. The number of tetrazole rings is 1. The Bertz CT molecular complexity index is 1390. The van der Waals surface area contributed by atoms with E-state index >= 15 is 0 Å². The maximum Gasteiger partial charge on any atom is 0.254 e. The molecule has 176 valence electrons. The molecule has 1 aliphatic rings. The molecular formula is C26H30N6O2. The van der Waals surface area contributed by atoms with E-state index < -0.39 is 6.04 Å². The summed E-state index contributed by atoms with van der Waals surface area (Å²) < 4.78 is 7.22. The number of ether oxygens (including phenoxy) is 1. The molecule has 8 nitrogen and oxygen atoms in total. The molecule has 0 saturated heterocycles. The van der Waals surface area contributed by atoms with E-state index in [1.165, 1.54) is 5.56 Å². The van der Waals surface area contributed by atoms with Gasteiger partial charge >= 0.3 is 0 Å². The van der Waals surface area contributed by atoms with E-state index in [1.807, 2.05) is 35.0 Å². The van der Waals surface area contributed by atoms with Crippen LogP contribution in [-0.4, -0.2) is 38.8 Å². The largest absolute Gasteiger partial charge is 0.497 e. The second-order valence-electron chi connectivity index (χ2n) is 9.45. The molecule has 0 fully saturated rings. The van der Waals surface area contributed by atoms with Gasteiger partial charge in [-0.1, -0.05) is 25.1 Å². The van der Waals surface area contributed by atoms with Crippen molar-refractivity contribution in [1.82, 2.24) is 25.2 Å². The molecule has 2 aromatic carbocycles. The second kappa shape index (κ2) is 8.59. The van der Waals surface area contributed by atoms with Gasteiger partial charge in [-0.3, -0.25) is 4.79 Å². The topological polar surface area (TPSA) is 88.9 Å². The summed E-state index contributed by atoms with van der Waals surface area (Å²) in [5.41, 5.74) is 3.30. The predicted octanol–water partition coefficient (Wildman–Crippen LogP) is 4.21.